The molecule has 0 bridgehead atoms. The molecule has 0 heterocycles. The van der Waals surface area contributed by atoms with Crippen molar-refractivity contribution in [3.05, 3.63) is 59.7 Å². The van der Waals surface area contributed by atoms with Gasteiger partial charge in [0.15, 0.2) is 20.6 Å². The highest BCUT2D eigenvalue weighted by Gasteiger charge is 2.22. The molecule has 0 aromatic heterocycles. The van der Waals surface area contributed by atoms with Gasteiger partial charge in [0.05, 0.1) is 0 Å². The third-order valence-electron chi connectivity index (χ3n) is 3.64. The summed E-state index contributed by atoms with van der Waals surface area (Å²) in [6.07, 6.45) is 0. The Balaban J connectivity index is 2.33. The molecular formula is C17H20Cl2OSi2. The SMILES string of the molecule is C[Si](C)(Cl)c1ccc(C(=O)c2cccc([Si](C)(C)Cl)c2)cc1. The summed E-state index contributed by atoms with van der Waals surface area (Å²) in [5.41, 5.74) is 1.37. The van der Waals surface area contributed by atoms with E-state index in [-0.39, 0.29) is 5.78 Å². The van der Waals surface area contributed by atoms with E-state index in [0.717, 1.165) is 10.4 Å². The Bertz CT molecular complexity index is 683. The van der Waals surface area contributed by atoms with Crippen molar-refractivity contribution in [2.45, 2.75) is 26.2 Å². The van der Waals surface area contributed by atoms with E-state index < -0.39 is 14.8 Å². The topological polar surface area (TPSA) is 17.1 Å². The minimum atomic E-state index is -1.94. The molecule has 0 aliphatic heterocycles. The minimum Gasteiger partial charge on any atom is -0.289 e. The smallest absolute Gasteiger partial charge is 0.193 e. The van der Waals surface area contributed by atoms with Crippen LogP contribution in [0.2, 0.25) is 26.2 Å². The summed E-state index contributed by atoms with van der Waals surface area (Å²) in [6.45, 7) is 8.25. The monoisotopic (exact) mass is 366 g/mol. The van der Waals surface area contributed by atoms with Crippen LogP contribution in [0.4, 0.5) is 0 Å². The zero-order valence-electron chi connectivity index (χ0n) is 13.3. The fraction of sp³-hybridized carbons (Fsp3) is 0.235. The highest BCUT2D eigenvalue weighted by molar-refractivity contribution is 7.26. The first-order valence-electron chi connectivity index (χ1n) is 7.22. The summed E-state index contributed by atoms with van der Waals surface area (Å²) in [6, 6.07) is 15.3. The molecule has 1 nitrogen and oxygen atoms in total. The number of benzene rings is 2. The van der Waals surface area contributed by atoms with Crippen molar-refractivity contribution in [3.63, 3.8) is 0 Å². The number of hydrogen-bond acceptors (Lipinski definition) is 1. The van der Waals surface area contributed by atoms with Crippen LogP contribution < -0.4 is 10.4 Å². The van der Waals surface area contributed by atoms with Gasteiger partial charge >= 0.3 is 0 Å². The van der Waals surface area contributed by atoms with Crippen molar-refractivity contribution in [1.29, 1.82) is 0 Å². The average Bonchev–Trinajstić information content (AvgIpc) is 2.45. The molecule has 0 atom stereocenters. The number of hydrogen-bond donors (Lipinski definition) is 0. The van der Waals surface area contributed by atoms with Gasteiger partial charge in [-0.1, -0.05) is 74.7 Å². The fourth-order valence-corrected chi connectivity index (χ4v) is 4.90. The number of halogens is 2. The van der Waals surface area contributed by atoms with Crippen LogP contribution in [0.25, 0.3) is 0 Å². The molecule has 0 spiro atoms. The number of rotatable bonds is 4. The van der Waals surface area contributed by atoms with E-state index in [9.17, 15) is 4.79 Å². The minimum absolute atomic E-state index is 0.0253. The maximum atomic E-state index is 12.6. The van der Waals surface area contributed by atoms with E-state index >= 15 is 0 Å². The van der Waals surface area contributed by atoms with Gasteiger partial charge in [-0.05, 0) is 10.4 Å². The molecule has 0 aliphatic rings. The standard InChI is InChI=1S/C17H20Cl2OSi2/c1-21(2,18)15-10-8-13(9-11-15)17(20)14-6-5-7-16(12-14)22(3,4)19/h5-12H,1-4H3. The van der Waals surface area contributed by atoms with E-state index in [0.29, 0.717) is 11.1 Å². The van der Waals surface area contributed by atoms with Gasteiger partial charge in [-0.3, -0.25) is 4.79 Å². The van der Waals surface area contributed by atoms with Gasteiger partial charge in [0, 0.05) is 11.1 Å². The fourth-order valence-electron chi connectivity index (χ4n) is 2.21. The molecular weight excluding hydrogens is 347 g/mol. The zero-order valence-corrected chi connectivity index (χ0v) is 16.8. The molecule has 0 saturated heterocycles. The van der Waals surface area contributed by atoms with Crippen LogP contribution in [0.5, 0.6) is 0 Å². The zero-order chi connectivity index (χ0) is 16.5. The molecule has 0 saturated carbocycles. The highest BCUT2D eigenvalue weighted by Crippen LogP contribution is 2.14. The summed E-state index contributed by atoms with van der Waals surface area (Å²) in [4.78, 5) is 12.6. The van der Waals surface area contributed by atoms with Gasteiger partial charge in [0.1, 0.15) is 0 Å². The normalized spacial score (nSPS) is 12.3. The molecule has 2 aromatic rings. The highest BCUT2D eigenvalue weighted by atomic mass is 35.6. The average molecular weight is 367 g/mol. The van der Waals surface area contributed by atoms with Crippen LogP contribution in [0.3, 0.4) is 0 Å². The largest absolute Gasteiger partial charge is 0.289 e. The van der Waals surface area contributed by atoms with E-state index in [1.807, 2.05) is 48.5 Å². The van der Waals surface area contributed by atoms with Crippen molar-refractivity contribution < 1.29 is 4.79 Å². The van der Waals surface area contributed by atoms with Crippen molar-refractivity contribution >= 4 is 53.1 Å². The lowest BCUT2D eigenvalue weighted by molar-refractivity contribution is 0.103. The van der Waals surface area contributed by atoms with E-state index in [1.54, 1.807) is 0 Å². The molecule has 5 heteroatoms. The second-order valence-electron chi connectivity index (χ2n) is 6.43. The molecule has 0 amide bonds. The lowest BCUT2D eigenvalue weighted by atomic mass is 10.0. The molecule has 0 unspecified atom stereocenters. The summed E-state index contributed by atoms with van der Waals surface area (Å²) in [7, 11) is -3.79. The summed E-state index contributed by atoms with van der Waals surface area (Å²) in [5, 5.41) is 2.21. The van der Waals surface area contributed by atoms with Crippen LogP contribution in [0.1, 0.15) is 15.9 Å². The molecule has 0 radical (unpaired) electrons. The second-order valence-corrected chi connectivity index (χ2v) is 19.1. The van der Waals surface area contributed by atoms with Crippen LogP contribution in [0, 0.1) is 0 Å². The van der Waals surface area contributed by atoms with Gasteiger partial charge in [0.25, 0.3) is 0 Å². The van der Waals surface area contributed by atoms with Crippen molar-refractivity contribution in [3.8, 4) is 0 Å². The molecule has 22 heavy (non-hydrogen) atoms. The molecule has 2 rings (SSSR count). The molecule has 2 aromatic carbocycles. The first kappa shape index (κ1) is 17.5. The van der Waals surface area contributed by atoms with Crippen LogP contribution in [-0.4, -0.2) is 20.6 Å². The van der Waals surface area contributed by atoms with Gasteiger partial charge < -0.3 is 0 Å². The lowest BCUT2D eigenvalue weighted by Gasteiger charge is -2.15. The second kappa shape index (κ2) is 6.32. The predicted octanol–water partition coefficient (Wildman–Crippen LogP) is 4.22. The lowest BCUT2D eigenvalue weighted by Crippen LogP contribution is -2.35. The number of carbonyl (C=O) groups is 1. The third-order valence-corrected chi connectivity index (χ3v) is 8.34. The Morgan fingerprint density at radius 3 is 1.82 bits per heavy atom. The van der Waals surface area contributed by atoms with E-state index in [2.05, 4.69) is 26.2 Å². The summed E-state index contributed by atoms with van der Waals surface area (Å²) >= 11 is 12.9. The maximum Gasteiger partial charge on any atom is 0.193 e. The first-order valence-corrected chi connectivity index (χ1v) is 15.2. The number of ketones is 1. The molecule has 0 fully saturated rings. The molecule has 0 N–H and O–H groups in total. The van der Waals surface area contributed by atoms with Crippen LogP contribution in [0.15, 0.2) is 48.5 Å². The maximum absolute atomic E-state index is 12.6. The first-order chi connectivity index (χ1) is 10.1. The Kier molecular flexibility index (Phi) is 5.02. The van der Waals surface area contributed by atoms with Gasteiger partial charge in [-0.15, -0.1) is 0 Å². The summed E-state index contributed by atoms with van der Waals surface area (Å²) < 4.78 is 0. The van der Waals surface area contributed by atoms with Gasteiger partial charge in [-0.2, -0.15) is 22.2 Å². The van der Waals surface area contributed by atoms with Crippen molar-refractivity contribution in [1.82, 2.24) is 0 Å². The van der Waals surface area contributed by atoms with Crippen molar-refractivity contribution in [2.24, 2.45) is 0 Å². The Morgan fingerprint density at radius 2 is 1.32 bits per heavy atom. The molecule has 0 aliphatic carbocycles. The predicted molar refractivity (Wildman–Crippen MR) is 102 cm³/mol. The summed E-state index contributed by atoms with van der Waals surface area (Å²) in [5.74, 6) is 0.0253. The number of carbonyl (C=O) groups excluding carboxylic acids is 1. The Labute approximate surface area is 143 Å². The Morgan fingerprint density at radius 1 is 0.773 bits per heavy atom. The third kappa shape index (κ3) is 4.10. The van der Waals surface area contributed by atoms with Crippen LogP contribution in [-0.2, 0) is 0 Å². The van der Waals surface area contributed by atoms with E-state index in [4.69, 9.17) is 22.2 Å². The van der Waals surface area contributed by atoms with E-state index in [1.165, 1.54) is 0 Å². The molecule has 116 valence electrons. The Hall–Kier alpha value is -0.876. The van der Waals surface area contributed by atoms with Gasteiger partial charge in [0.2, 0.25) is 0 Å². The van der Waals surface area contributed by atoms with Crippen molar-refractivity contribution in [2.75, 3.05) is 0 Å². The van der Waals surface area contributed by atoms with Crippen LogP contribution >= 0.6 is 22.2 Å². The quantitative estimate of drug-likeness (QED) is 0.449. The van der Waals surface area contributed by atoms with Gasteiger partial charge in [-0.25, -0.2) is 0 Å².